The average molecular weight is 326 g/mol. The number of aliphatic hydroxyl groups excluding tert-OH is 1. The molecule has 0 aliphatic rings. The summed E-state index contributed by atoms with van der Waals surface area (Å²) in [6.07, 6.45) is -1.26. The summed E-state index contributed by atoms with van der Waals surface area (Å²) in [7, 11) is 0. The molecule has 0 bridgehead atoms. The second-order valence-corrected chi connectivity index (χ2v) is 5.93. The van der Waals surface area contributed by atoms with Crippen LogP contribution in [-0.2, 0) is 4.74 Å². The number of amides is 1. The third-order valence-electron chi connectivity index (χ3n) is 2.37. The number of nitrogens with one attached hydrogen (secondary N) is 1. The van der Waals surface area contributed by atoms with Gasteiger partial charge >= 0.3 is 6.09 Å². The smallest absolute Gasteiger partial charge is 0.407 e. The first-order chi connectivity index (χ1) is 10.6. The number of hydrogen-bond acceptors (Lipinski definition) is 4. The van der Waals surface area contributed by atoms with Crippen LogP contribution in [-0.4, -0.2) is 36.0 Å². The zero-order chi connectivity index (χ0) is 18.5. The third-order valence-corrected chi connectivity index (χ3v) is 2.37. The van der Waals surface area contributed by atoms with Gasteiger partial charge < -0.3 is 20.9 Å². The van der Waals surface area contributed by atoms with Crippen LogP contribution in [0.15, 0.2) is 24.3 Å². The van der Waals surface area contributed by atoms with Crippen LogP contribution in [0, 0.1) is 13.8 Å². The van der Waals surface area contributed by atoms with Gasteiger partial charge in [0.2, 0.25) is 0 Å². The van der Waals surface area contributed by atoms with E-state index in [2.05, 4.69) is 43.4 Å². The number of ether oxygens (including phenoxy) is 1. The molecule has 5 nitrogen and oxygen atoms in total. The van der Waals surface area contributed by atoms with Crippen molar-refractivity contribution in [1.82, 2.24) is 5.32 Å². The molecular formula is C18H34N2O3. The number of aryl methyl sites for hydroxylation is 2. The molecule has 23 heavy (non-hydrogen) atoms. The Hall–Kier alpha value is -1.59. The highest BCUT2D eigenvalue weighted by Crippen LogP contribution is 2.06. The number of carbonyl (C=O) groups is 1. The van der Waals surface area contributed by atoms with Gasteiger partial charge in [0, 0.05) is 13.1 Å². The highest BCUT2D eigenvalue weighted by atomic mass is 16.6. The number of aliphatic hydroxyl groups is 1. The molecule has 1 aromatic rings. The molecule has 1 unspecified atom stereocenters. The summed E-state index contributed by atoms with van der Waals surface area (Å²) in [5.41, 5.74) is 7.29. The molecule has 5 heteroatoms. The van der Waals surface area contributed by atoms with Crippen molar-refractivity contribution >= 4 is 6.09 Å². The summed E-state index contributed by atoms with van der Waals surface area (Å²) in [4.78, 5) is 11.0. The van der Waals surface area contributed by atoms with Crippen LogP contribution in [0.3, 0.4) is 0 Å². The highest BCUT2D eigenvalue weighted by molar-refractivity contribution is 5.67. The van der Waals surface area contributed by atoms with E-state index in [-0.39, 0.29) is 13.1 Å². The number of hydrogen-bond donors (Lipinski definition) is 3. The Bertz CT molecular complexity index is 390. The summed E-state index contributed by atoms with van der Waals surface area (Å²) < 4.78 is 4.93. The fourth-order valence-electron chi connectivity index (χ4n) is 1.24. The van der Waals surface area contributed by atoms with Crippen molar-refractivity contribution in [3.63, 3.8) is 0 Å². The topological polar surface area (TPSA) is 84.6 Å². The van der Waals surface area contributed by atoms with Gasteiger partial charge in [-0.2, -0.15) is 0 Å². The molecule has 0 fully saturated rings. The maximum absolute atomic E-state index is 11.0. The minimum Gasteiger partial charge on any atom is -0.444 e. The largest absolute Gasteiger partial charge is 0.444 e. The van der Waals surface area contributed by atoms with Crippen molar-refractivity contribution in [1.29, 1.82) is 0 Å². The van der Waals surface area contributed by atoms with Gasteiger partial charge in [0.05, 0.1) is 6.10 Å². The van der Waals surface area contributed by atoms with Gasteiger partial charge in [-0.15, -0.1) is 0 Å². The molecule has 134 valence electrons. The van der Waals surface area contributed by atoms with Gasteiger partial charge in [0.15, 0.2) is 0 Å². The van der Waals surface area contributed by atoms with E-state index in [1.165, 1.54) is 11.1 Å². The van der Waals surface area contributed by atoms with Crippen LogP contribution in [0.4, 0.5) is 4.79 Å². The second kappa shape index (κ2) is 12.9. The SMILES string of the molecule is CC.CC(C)(C)OC(=O)NCC(O)CN.Cc1ccc(C)cc1. The molecule has 0 aromatic heterocycles. The zero-order valence-electron chi connectivity index (χ0n) is 15.6. The summed E-state index contributed by atoms with van der Waals surface area (Å²) in [6, 6.07) is 8.48. The second-order valence-electron chi connectivity index (χ2n) is 5.93. The monoisotopic (exact) mass is 326 g/mol. The first-order valence-electron chi connectivity index (χ1n) is 8.02. The summed E-state index contributed by atoms with van der Waals surface area (Å²) in [5.74, 6) is 0. The van der Waals surface area contributed by atoms with Crippen molar-refractivity contribution in [2.24, 2.45) is 5.73 Å². The minimum absolute atomic E-state index is 0.116. The van der Waals surface area contributed by atoms with Gasteiger partial charge in [0.1, 0.15) is 5.60 Å². The minimum atomic E-state index is -0.715. The molecule has 0 aliphatic heterocycles. The van der Waals surface area contributed by atoms with Gasteiger partial charge in [-0.3, -0.25) is 0 Å². The molecule has 1 aromatic carbocycles. The molecular weight excluding hydrogens is 292 g/mol. The van der Waals surface area contributed by atoms with Crippen molar-refractivity contribution in [3.05, 3.63) is 35.4 Å². The third kappa shape index (κ3) is 16.6. The summed E-state index contributed by atoms with van der Waals surface area (Å²) in [5, 5.41) is 11.4. The average Bonchev–Trinajstić information content (AvgIpc) is 2.49. The van der Waals surface area contributed by atoms with E-state index in [9.17, 15) is 4.79 Å². The summed E-state index contributed by atoms with van der Waals surface area (Å²) in [6.45, 7) is 13.7. The fraction of sp³-hybridized carbons (Fsp3) is 0.611. The Balaban J connectivity index is 0. The van der Waals surface area contributed by atoms with Crippen LogP contribution < -0.4 is 11.1 Å². The van der Waals surface area contributed by atoms with Crippen LogP contribution >= 0.6 is 0 Å². The number of nitrogens with two attached hydrogens (primary N) is 1. The van der Waals surface area contributed by atoms with Gasteiger partial charge in [-0.25, -0.2) is 4.79 Å². The Morgan fingerprint density at radius 2 is 1.57 bits per heavy atom. The van der Waals surface area contributed by atoms with E-state index in [4.69, 9.17) is 15.6 Å². The Morgan fingerprint density at radius 3 is 1.87 bits per heavy atom. The molecule has 0 saturated carbocycles. The molecule has 0 spiro atoms. The molecule has 0 radical (unpaired) electrons. The molecule has 0 saturated heterocycles. The first-order valence-corrected chi connectivity index (χ1v) is 8.02. The van der Waals surface area contributed by atoms with Gasteiger partial charge in [-0.05, 0) is 34.6 Å². The molecule has 1 atom stereocenters. The normalized spacial score (nSPS) is 11.2. The molecule has 0 aliphatic carbocycles. The van der Waals surface area contributed by atoms with E-state index >= 15 is 0 Å². The van der Waals surface area contributed by atoms with Gasteiger partial charge in [-0.1, -0.05) is 49.2 Å². The lowest BCUT2D eigenvalue weighted by Crippen LogP contribution is -2.39. The maximum Gasteiger partial charge on any atom is 0.407 e. The predicted octanol–water partition coefficient (Wildman–Crippen LogP) is 3.16. The Morgan fingerprint density at radius 1 is 1.17 bits per heavy atom. The van der Waals surface area contributed by atoms with Crippen LogP contribution in [0.25, 0.3) is 0 Å². The van der Waals surface area contributed by atoms with Crippen LogP contribution in [0.2, 0.25) is 0 Å². The lowest BCUT2D eigenvalue weighted by atomic mass is 10.2. The number of carbonyl (C=O) groups excluding carboxylic acids is 1. The molecule has 1 amide bonds. The first kappa shape index (κ1) is 23.7. The highest BCUT2D eigenvalue weighted by Gasteiger charge is 2.16. The van der Waals surface area contributed by atoms with Crippen LogP contribution in [0.5, 0.6) is 0 Å². The Labute approximate surface area is 141 Å². The van der Waals surface area contributed by atoms with Crippen LogP contribution in [0.1, 0.15) is 45.7 Å². The fourth-order valence-corrected chi connectivity index (χ4v) is 1.24. The number of alkyl carbamates (subject to hydrolysis) is 1. The lowest BCUT2D eigenvalue weighted by Gasteiger charge is -2.20. The molecule has 1 rings (SSSR count). The quantitative estimate of drug-likeness (QED) is 0.796. The summed E-state index contributed by atoms with van der Waals surface area (Å²) >= 11 is 0. The van der Waals surface area contributed by atoms with E-state index in [0.717, 1.165) is 0 Å². The van der Waals surface area contributed by atoms with E-state index < -0.39 is 17.8 Å². The van der Waals surface area contributed by atoms with Crippen molar-refractivity contribution < 1.29 is 14.6 Å². The molecule has 4 N–H and O–H groups in total. The van der Waals surface area contributed by atoms with E-state index in [0.29, 0.717) is 0 Å². The zero-order valence-corrected chi connectivity index (χ0v) is 15.6. The van der Waals surface area contributed by atoms with Crippen molar-refractivity contribution in [2.75, 3.05) is 13.1 Å². The van der Waals surface area contributed by atoms with E-state index in [1.54, 1.807) is 20.8 Å². The standard InChI is InChI=1S/C8H18N2O3.C8H10.C2H6/c1-8(2,3)13-7(12)10-5-6(11)4-9;1-7-3-5-8(2)6-4-7;1-2/h6,11H,4-5,9H2,1-3H3,(H,10,12);3-6H,1-2H3;1-2H3. The molecule has 0 heterocycles. The lowest BCUT2D eigenvalue weighted by molar-refractivity contribution is 0.0495. The van der Waals surface area contributed by atoms with Crippen molar-refractivity contribution in [2.45, 2.75) is 60.2 Å². The predicted molar refractivity (Wildman–Crippen MR) is 96.6 cm³/mol. The van der Waals surface area contributed by atoms with E-state index in [1.807, 2.05) is 13.8 Å². The van der Waals surface area contributed by atoms with Crippen molar-refractivity contribution in [3.8, 4) is 0 Å². The van der Waals surface area contributed by atoms with Gasteiger partial charge in [0.25, 0.3) is 0 Å². The maximum atomic E-state index is 11.0. The Kier molecular flexibility index (Phi) is 13.3. The number of rotatable bonds is 3. The number of benzene rings is 1.